The van der Waals surface area contributed by atoms with E-state index in [1.807, 2.05) is 4.90 Å². The van der Waals surface area contributed by atoms with Crippen molar-refractivity contribution in [1.82, 2.24) is 25.3 Å². The molecule has 1 saturated heterocycles. The van der Waals surface area contributed by atoms with Gasteiger partial charge in [-0.05, 0) is 48.9 Å². The zero-order valence-corrected chi connectivity index (χ0v) is 20.3. The molecule has 1 amide bonds. The molecule has 1 aliphatic heterocycles. The van der Waals surface area contributed by atoms with Crippen LogP contribution in [0.25, 0.3) is 22.3 Å². The molecule has 9 nitrogen and oxygen atoms in total. The van der Waals surface area contributed by atoms with Crippen molar-refractivity contribution >= 4 is 33.3 Å². The van der Waals surface area contributed by atoms with E-state index in [1.165, 1.54) is 12.1 Å². The Morgan fingerprint density at radius 1 is 1.08 bits per heavy atom. The first-order valence-electron chi connectivity index (χ1n) is 11.7. The van der Waals surface area contributed by atoms with E-state index in [-0.39, 0.29) is 23.2 Å². The van der Waals surface area contributed by atoms with Gasteiger partial charge in [0, 0.05) is 49.6 Å². The predicted octanol–water partition coefficient (Wildman–Crippen LogP) is 4.09. The minimum absolute atomic E-state index is 0.202. The van der Waals surface area contributed by atoms with Crippen LogP contribution in [-0.2, 0) is 6.42 Å². The summed E-state index contributed by atoms with van der Waals surface area (Å²) in [4.78, 5) is 31.6. The predicted molar refractivity (Wildman–Crippen MR) is 139 cm³/mol. The van der Waals surface area contributed by atoms with Gasteiger partial charge in [-0.1, -0.05) is 0 Å². The third-order valence-corrected chi connectivity index (χ3v) is 7.81. The summed E-state index contributed by atoms with van der Waals surface area (Å²) < 4.78 is 33.7. The van der Waals surface area contributed by atoms with Gasteiger partial charge in [0.15, 0.2) is 5.82 Å². The lowest BCUT2D eigenvalue weighted by atomic mass is 10.1. The second-order valence-electron chi connectivity index (χ2n) is 8.70. The first-order chi connectivity index (χ1) is 17.4. The molecule has 36 heavy (non-hydrogen) atoms. The molecule has 188 valence electrons. The summed E-state index contributed by atoms with van der Waals surface area (Å²) in [7, 11) is -2.58. The number of benzene rings is 2. The second-order valence-corrected chi connectivity index (χ2v) is 11.1. The van der Waals surface area contributed by atoms with Gasteiger partial charge in [-0.3, -0.25) is 13.9 Å². The number of aromatic amines is 1. The van der Waals surface area contributed by atoms with E-state index in [2.05, 4.69) is 15.3 Å². The first kappa shape index (κ1) is 24.2. The molecule has 4 aromatic rings. The van der Waals surface area contributed by atoms with Crippen LogP contribution in [0.1, 0.15) is 22.6 Å². The van der Waals surface area contributed by atoms with Crippen molar-refractivity contribution in [3.63, 3.8) is 0 Å². The molecule has 5 rings (SSSR count). The maximum atomic E-state index is 13.6. The summed E-state index contributed by atoms with van der Waals surface area (Å²) in [6, 6.07) is 11.2. The molecule has 2 aromatic heterocycles. The Bertz CT molecular complexity index is 1350. The fraction of sp³-hybridized carbons (Fsp3) is 0.280. The monoisotopic (exact) mass is 510 g/mol. The molecule has 0 atom stereocenters. The number of carbonyl (C=O) groups excluding carboxylic acids is 1. The van der Waals surface area contributed by atoms with Crippen molar-refractivity contribution in [3.8, 4) is 11.3 Å². The number of amides is 1. The number of imidazole rings is 1. The number of aryl methyl sites for hydroxylation is 1. The van der Waals surface area contributed by atoms with Crippen LogP contribution in [-0.4, -0.2) is 66.1 Å². The third-order valence-electron chi connectivity index (χ3n) is 6.13. The van der Waals surface area contributed by atoms with Gasteiger partial charge in [-0.25, -0.2) is 19.3 Å². The van der Waals surface area contributed by atoms with E-state index in [9.17, 15) is 18.3 Å². The number of H-pyrrole nitrogens is 1. The van der Waals surface area contributed by atoms with Gasteiger partial charge in [-0.15, -0.1) is 0 Å². The highest BCUT2D eigenvalue weighted by molar-refractivity contribution is 8.24. The summed E-state index contributed by atoms with van der Waals surface area (Å²) >= 11 is 0. The minimum Gasteiger partial charge on any atom is -0.352 e. The van der Waals surface area contributed by atoms with Crippen LogP contribution in [0.5, 0.6) is 0 Å². The Morgan fingerprint density at radius 2 is 1.86 bits per heavy atom. The van der Waals surface area contributed by atoms with Gasteiger partial charge in [0.1, 0.15) is 17.3 Å². The largest absolute Gasteiger partial charge is 0.352 e. The zero-order chi connectivity index (χ0) is 25.1. The number of aromatic nitrogens is 4. The van der Waals surface area contributed by atoms with Gasteiger partial charge in [-0.2, -0.15) is 10.6 Å². The summed E-state index contributed by atoms with van der Waals surface area (Å²) in [5.74, 6) is 1.44. The van der Waals surface area contributed by atoms with Gasteiger partial charge < -0.3 is 15.2 Å². The van der Waals surface area contributed by atoms with Gasteiger partial charge in [0.2, 0.25) is 0 Å². The highest BCUT2D eigenvalue weighted by Gasteiger charge is 2.26. The lowest BCUT2D eigenvalue weighted by Crippen LogP contribution is -2.39. The molecule has 0 unspecified atom stereocenters. The van der Waals surface area contributed by atoms with Crippen LogP contribution in [0, 0.1) is 5.82 Å². The quantitative estimate of drug-likeness (QED) is 0.276. The molecule has 4 N–H and O–H groups in total. The van der Waals surface area contributed by atoms with E-state index < -0.39 is 10.6 Å². The number of rotatable bonds is 7. The number of hydrogen-bond acceptors (Lipinski definition) is 7. The van der Waals surface area contributed by atoms with Crippen molar-refractivity contribution in [2.45, 2.75) is 12.8 Å². The summed E-state index contributed by atoms with van der Waals surface area (Å²) in [5.41, 5.74) is 2.87. The van der Waals surface area contributed by atoms with Crippen LogP contribution >= 0.6 is 10.6 Å². The van der Waals surface area contributed by atoms with Crippen molar-refractivity contribution in [2.24, 2.45) is 0 Å². The number of anilines is 1. The molecular weight excluding hydrogens is 483 g/mol. The van der Waals surface area contributed by atoms with Gasteiger partial charge in [0.05, 0.1) is 22.5 Å². The van der Waals surface area contributed by atoms with Crippen molar-refractivity contribution in [1.29, 1.82) is 0 Å². The maximum Gasteiger partial charge on any atom is 0.251 e. The van der Waals surface area contributed by atoms with E-state index >= 15 is 0 Å². The Labute approximate surface area is 209 Å². The molecule has 0 radical (unpaired) electrons. The second kappa shape index (κ2) is 10.2. The van der Waals surface area contributed by atoms with Crippen LogP contribution in [0.2, 0.25) is 0 Å². The Kier molecular flexibility index (Phi) is 6.86. The fourth-order valence-electron chi connectivity index (χ4n) is 4.14. The summed E-state index contributed by atoms with van der Waals surface area (Å²) in [5, 5.41) is 2.93. The molecule has 0 bridgehead atoms. The summed E-state index contributed by atoms with van der Waals surface area (Å²) in [6.45, 7) is 1.36. The van der Waals surface area contributed by atoms with Gasteiger partial charge >= 0.3 is 0 Å². The molecule has 0 saturated carbocycles. The zero-order valence-electron chi connectivity index (χ0n) is 19.5. The normalized spacial score (nSPS) is 16.1. The molecule has 11 heteroatoms. The van der Waals surface area contributed by atoms with E-state index in [0.717, 1.165) is 18.7 Å². The van der Waals surface area contributed by atoms with Crippen molar-refractivity contribution < 1.29 is 18.3 Å². The Hall–Kier alpha value is -3.54. The number of hydrogen-bond donors (Lipinski definition) is 4. The smallest absolute Gasteiger partial charge is 0.251 e. The fourth-order valence-corrected chi connectivity index (χ4v) is 5.37. The molecule has 0 spiro atoms. The number of nitrogens with zero attached hydrogens (tertiary/aromatic N) is 4. The molecule has 1 aliphatic rings. The minimum atomic E-state index is -2.58. The first-order valence-corrected chi connectivity index (χ1v) is 13.6. The Morgan fingerprint density at radius 3 is 2.58 bits per heavy atom. The van der Waals surface area contributed by atoms with Crippen LogP contribution in [0.3, 0.4) is 0 Å². The molecule has 0 aliphatic carbocycles. The maximum absolute atomic E-state index is 13.6. The van der Waals surface area contributed by atoms with Gasteiger partial charge in [0.25, 0.3) is 5.91 Å². The van der Waals surface area contributed by atoms with Crippen LogP contribution in [0.4, 0.5) is 10.2 Å². The number of carbonyl (C=O) groups is 1. The Balaban J connectivity index is 1.41. The average Bonchev–Trinajstić information content (AvgIpc) is 3.40. The van der Waals surface area contributed by atoms with E-state index in [4.69, 9.17) is 9.97 Å². The average molecular weight is 511 g/mol. The third kappa shape index (κ3) is 5.48. The van der Waals surface area contributed by atoms with Crippen LogP contribution in [0.15, 0.2) is 54.9 Å². The number of halogens is 1. The number of fused-ring (bicyclic) bond motifs is 1. The molecule has 1 fully saturated rings. The van der Waals surface area contributed by atoms with E-state index in [1.54, 1.807) is 42.7 Å². The highest BCUT2D eigenvalue weighted by Crippen LogP contribution is 2.42. The van der Waals surface area contributed by atoms with Crippen LogP contribution < -0.4 is 10.2 Å². The summed E-state index contributed by atoms with van der Waals surface area (Å²) in [6.07, 6.45) is 4.97. The topological polar surface area (TPSA) is 127 Å². The highest BCUT2D eigenvalue weighted by atomic mass is 32.3. The lowest BCUT2D eigenvalue weighted by molar-refractivity contribution is 0.0953. The van der Waals surface area contributed by atoms with Crippen molar-refractivity contribution in [3.05, 3.63) is 72.1 Å². The lowest BCUT2D eigenvalue weighted by Gasteiger charge is -2.41. The molecular formula is C25H27FN6O3S. The SMILES string of the molecule is O=C(NCCCc1ncc[nH]1)c1ccc2nc(N3CCS(O)(O)CC3)c(-c3ccc(F)cc3)nc2c1. The van der Waals surface area contributed by atoms with Crippen molar-refractivity contribution in [2.75, 3.05) is 36.0 Å². The van der Waals surface area contributed by atoms with E-state index in [0.29, 0.717) is 53.3 Å². The molecule has 3 heterocycles. The molecule has 2 aromatic carbocycles. The number of nitrogens with one attached hydrogen (secondary N) is 2. The standard InChI is InChI=1S/C25H27FN6O3S/c26-19-6-3-17(4-7-19)23-24(32-12-14-36(34,35)15-13-32)31-20-8-5-18(16-21(20)30-23)25(33)29-9-1-2-22-27-10-11-28-22/h3-8,10-11,16,34-35H,1-2,9,12-15H2,(H,27,28)(H,29,33).